The fraction of sp³-hybridized carbons (Fsp3) is 0.214. The molecule has 1 aromatic heterocycles. The summed E-state index contributed by atoms with van der Waals surface area (Å²) in [5, 5.41) is 0. The molecular weight excluding hydrogens is 244 g/mol. The number of aryl methyl sites for hydroxylation is 1. The van der Waals surface area contributed by atoms with Crippen molar-refractivity contribution in [2.24, 2.45) is 0 Å². The normalized spacial score (nSPS) is 12.2. The molecule has 2 N–H and O–H groups in total. The lowest BCUT2D eigenvalue weighted by Crippen LogP contribution is -2.03. The Kier molecular flexibility index (Phi) is 4.47. The predicted molar refractivity (Wildman–Crippen MR) is 74.7 cm³/mol. The lowest BCUT2D eigenvalue weighted by atomic mass is 10.1. The van der Waals surface area contributed by atoms with Crippen LogP contribution in [0.15, 0.2) is 53.7 Å². The van der Waals surface area contributed by atoms with E-state index in [0.717, 1.165) is 12.8 Å². The van der Waals surface area contributed by atoms with Gasteiger partial charge in [0.05, 0.1) is 27.6 Å². The summed E-state index contributed by atoms with van der Waals surface area (Å²) in [5.41, 5.74) is 7.53. The third-order valence-electron chi connectivity index (χ3n) is 2.69. The molecule has 0 saturated carbocycles. The van der Waals surface area contributed by atoms with Gasteiger partial charge in [-0.15, -0.1) is 0 Å². The third-order valence-corrected chi connectivity index (χ3v) is 4.22. The Balaban J connectivity index is 1.88. The van der Waals surface area contributed by atoms with Gasteiger partial charge in [0.2, 0.25) is 0 Å². The van der Waals surface area contributed by atoms with Gasteiger partial charge in [0, 0.05) is 11.9 Å². The summed E-state index contributed by atoms with van der Waals surface area (Å²) in [6.45, 7) is 0. The van der Waals surface area contributed by atoms with E-state index in [9.17, 15) is 4.21 Å². The summed E-state index contributed by atoms with van der Waals surface area (Å²) in [6.07, 6.45) is 5.00. The van der Waals surface area contributed by atoms with Gasteiger partial charge >= 0.3 is 0 Å². The second-order valence-electron chi connectivity index (χ2n) is 4.05. The van der Waals surface area contributed by atoms with Gasteiger partial charge in [-0.1, -0.05) is 30.3 Å². The lowest BCUT2D eigenvalue weighted by Gasteiger charge is -2.05. The Hall–Kier alpha value is -1.68. The van der Waals surface area contributed by atoms with E-state index >= 15 is 0 Å². The maximum absolute atomic E-state index is 12.1. The quantitative estimate of drug-likeness (QED) is 0.898. The summed E-state index contributed by atoms with van der Waals surface area (Å²) < 4.78 is 12.1. The number of hydrogen-bond acceptors (Lipinski definition) is 3. The Morgan fingerprint density at radius 1 is 1.17 bits per heavy atom. The van der Waals surface area contributed by atoms with E-state index in [2.05, 4.69) is 17.1 Å². The van der Waals surface area contributed by atoms with Crippen LogP contribution in [-0.4, -0.2) is 14.9 Å². The minimum Gasteiger partial charge on any atom is -0.396 e. The van der Waals surface area contributed by atoms with Crippen molar-refractivity contribution >= 4 is 16.5 Å². The average Bonchev–Trinajstić information content (AvgIpc) is 2.40. The van der Waals surface area contributed by atoms with Gasteiger partial charge in [-0.3, -0.25) is 9.19 Å². The van der Waals surface area contributed by atoms with Crippen molar-refractivity contribution in [2.45, 2.75) is 17.7 Å². The first kappa shape index (κ1) is 12.8. The molecule has 0 saturated heterocycles. The molecule has 4 heteroatoms. The van der Waals surface area contributed by atoms with Crippen LogP contribution in [0.3, 0.4) is 0 Å². The highest BCUT2D eigenvalue weighted by molar-refractivity contribution is 7.85. The zero-order chi connectivity index (χ0) is 12.8. The van der Waals surface area contributed by atoms with Crippen LogP contribution in [0.25, 0.3) is 0 Å². The highest BCUT2D eigenvalue weighted by atomic mass is 32.2. The Morgan fingerprint density at radius 3 is 2.67 bits per heavy atom. The van der Waals surface area contributed by atoms with Gasteiger partial charge in [-0.2, -0.15) is 0 Å². The fourth-order valence-electron chi connectivity index (χ4n) is 1.76. The van der Waals surface area contributed by atoms with Crippen molar-refractivity contribution < 1.29 is 4.21 Å². The van der Waals surface area contributed by atoms with Crippen molar-refractivity contribution in [3.8, 4) is 0 Å². The van der Waals surface area contributed by atoms with Gasteiger partial charge in [0.1, 0.15) is 0 Å². The summed E-state index contributed by atoms with van der Waals surface area (Å²) in [6, 6.07) is 11.9. The molecule has 0 fully saturated rings. The molecule has 2 aromatic rings. The molecule has 94 valence electrons. The predicted octanol–water partition coefficient (Wildman–Crippen LogP) is 2.40. The van der Waals surface area contributed by atoms with Crippen LogP contribution in [-0.2, 0) is 17.2 Å². The largest absolute Gasteiger partial charge is 0.396 e. The van der Waals surface area contributed by atoms with Crippen LogP contribution >= 0.6 is 0 Å². The molecule has 1 aromatic carbocycles. The van der Waals surface area contributed by atoms with Crippen molar-refractivity contribution in [3.63, 3.8) is 0 Å². The summed E-state index contributed by atoms with van der Waals surface area (Å²) in [5.74, 6) is 0.628. The lowest BCUT2D eigenvalue weighted by molar-refractivity contribution is 0.680. The number of aromatic nitrogens is 1. The monoisotopic (exact) mass is 260 g/mol. The number of nitrogen functional groups attached to an aromatic ring is 1. The van der Waals surface area contributed by atoms with Crippen LogP contribution in [0.4, 0.5) is 5.69 Å². The molecule has 0 aliphatic carbocycles. The Labute approximate surface area is 110 Å². The van der Waals surface area contributed by atoms with E-state index in [-0.39, 0.29) is 0 Å². The standard InChI is InChI=1S/C14H16N2OS/c15-13-11-16-9-8-14(13)18(17)10-4-7-12-5-2-1-3-6-12/h1-3,5-6,8-9,11H,4,7,10,15H2. The van der Waals surface area contributed by atoms with E-state index in [1.807, 2.05) is 18.2 Å². The molecule has 0 spiro atoms. The second-order valence-corrected chi connectivity index (χ2v) is 5.59. The number of nitrogens with two attached hydrogens (primary N) is 1. The molecule has 3 nitrogen and oxygen atoms in total. The summed E-state index contributed by atoms with van der Waals surface area (Å²) in [7, 11) is -1.03. The van der Waals surface area contributed by atoms with E-state index < -0.39 is 10.8 Å². The van der Waals surface area contributed by atoms with Gasteiger partial charge < -0.3 is 5.73 Å². The highest BCUT2D eigenvalue weighted by Gasteiger charge is 2.07. The maximum Gasteiger partial charge on any atom is 0.0664 e. The average molecular weight is 260 g/mol. The SMILES string of the molecule is Nc1cnccc1S(=O)CCCc1ccccc1. The first-order valence-corrected chi connectivity index (χ1v) is 7.21. The zero-order valence-corrected chi connectivity index (χ0v) is 10.9. The fourth-order valence-corrected chi connectivity index (χ4v) is 2.92. The van der Waals surface area contributed by atoms with Gasteiger partial charge in [-0.05, 0) is 24.5 Å². The first-order chi connectivity index (χ1) is 8.77. The summed E-state index contributed by atoms with van der Waals surface area (Å²) in [4.78, 5) is 4.59. The first-order valence-electron chi connectivity index (χ1n) is 5.89. The molecule has 1 atom stereocenters. The van der Waals surface area contributed by atoms with Crippen LogP contribution in [0.1, 0.15) is 12.0 Å². The van der Waals surface area contributed by atoms with Crippen LogP contribution in [0.2, 0.25) is 0 Å². The number of pyridine rings is 1. The molecule has 1 heterocycles. The number of rotatable bonds is 5. The van der Waals surface area contributed by atoms with E-state index in [1.54, 1.807) is 18.5 Å². The van der Waals surface area contributed by atoms with Crippen LogP contribution in [0.5, 0.6) is 0 Å². The molecule has 0 aliphatic rings. The number of hydrogen-bond donors (Lipinski definition) is 1. The third kappa shape index (κ3) is 3.40. The van der Waals surface area contributed by atoms with Crippen molar-refractivity contribution in [1.82, 2.24) is 4.98 Å². The number of benzene rings is 1. The van der Waals surface area contributed by atoms with Crippen LogP contribution in [0, 0.1) is 0 Å². The molecule has 2 rings (SSSR count). The molecule has 0 aliphatic heterocycles. The van der Waals surface area contributed by atoms with Gasteiger partial charge in [0.25, 0.3) is 0 Å². The zero-order valence-electron chi connectivity index (χ0n) is 10.1. The molecule has 0 bridgehead atoms. The Morgan fingerprint density at radius 2 is 1.94 bits per heavy atom. The molecule has 0 amide bonds. The molecular formula is C14H16N2OS. The molecule has 0 radical (unpaired) electrons. The van der Waals surface area contributed by atoms with E-state index in [4.69, 9.17) is 5.73 Å². The van der Waals surface area contributed by atoms with Gasteiger partial charge in [-0.25, -0.2) is 0 Å². The molecule has 1 unspecified atom stereocenters. The van der Waals surface area contributed by atoms with Crippen LogP contribution < -0.4 is 5.73 Å². The summed E-state index contributed by atoms with van der Waals surface area (Å²) >= 11 is 0. The smallest absolute Gasteiger partial charge is 0.0664 e. The van der Waals surface area contributed by atoms with E-state index in [0.29, 0.717) is 16.3 Å². The van der Waals surface area contributed by atoms with Crippen molar-refractivity contribution in [3.05, 3.63) is 54.4 Å². The number of nitrogens with zero attached hydrogens (tertiary/aromatic N) is 1. The molecule has 18 heavy (non-hydrogen) atoms. The van der Waals surface area contributed by atoms with Gasteiger partial charge in [0.15, 0.2) is 0 Å². The highest BCUT2D eigenvalue weighted by Crippen LogP contribution is 2.15. The maximum atomic E-state index is 12.1. The topological polar surface area (TPSA) is 56.0 Å². The second kappa shape index (κ2) is 6.31. The minimum atomic E-state index is -1.03. The number of anilines is 1. The Bertz CT molecular complexity index is 528. The minimum absolute atomic E-state index is 0.510. The van der Waals surface area contributed by atoms with Crippen molar-refractivity contribution in [1.29, 1.82) is 0 Å². The van der Waals surface area contributed by atoms with Crippen molar-refractivity contribution in [2.75, 3.05) is 11.5 Å². The van der Waals surface area contributed by atoms with E-state index in [1.165, 1.54) is 5.56 Å².